The summed E-state index contributed by atoms with van der Waals surface area (Å²) in [6.45, 7) is 8.72. The fourth-order valence-electron chi connectivity index (χ4n) is 1.65. The Labute approximate surface area is 98.9 Å². The third-order valence-corrected chi connectivity index (χ3v) is 2.34. The molecule has 4 heteroatoms. The van der Waals surface area contributed by atoms with E-state index in [4.69, 9.17) is 19.3 Å². The zero-order valence-corrected chi connectivity index (χ0v) is 10.8. The first kappa shape index (κ1) is 15.8. The van der Waals surface area contributed by atoms with E-state index in [9.17, 15) is 0 Å². The second-order valence-corrected chi connectivity index (χ2v) is 3.49. The molecule has 0 radical (unpaired) electrons. The van der Waals surface area contributed by atoms with Crippen LogP contribution in [0.5, 0.6) is 0 Å². The molecule has 0 aromatic carbocycles. The molecule has 2 atom stereocenters. The first-order valence-electron chi connectivity index (χ1n) is 6.21. The van der Waals surface area contributed by atoms with Crippen LogP contribution in [0.1, 0.15) is 33.6 Å². The molecule has 0 spiro atoms. The zero-order valence-electron chi connectivity index (χ0n) is 10.8. The molecule has 0 aromatic heterocycles. The van der Waals surface area contributed by atoms with Crippen molar-refractivity contribution in [2.45, 2.75) is 45.8 Å². The van der Waals surface area contributed by atoms with Gasteiger partial charge in [0.15, 0.2) is 0 Å². The van der Waals surface area contributed by atoms with Gasteiger partial charge in [0.2, 0.25) is 0 Å². The molecule has 2 unspecified atom stereocenters. The third kappa shape index (κ3) is 7.17. The highest BCUT2D eigenvalue weighted by Gasteiger charge is 2.21. The van der Waals surface area contributed by atoms with Gasteiger partial charge in [0.05, 0.1) is 12.2 Å². The summed E-state index contributed by atoms with van der Waals surface area (Å²) in [5, 5.41) is 8.99. The summed E-state index contributed by atoms with van der Waals surface area (Å²) in [5.41, 5.74) is 0. The minimum atomic E-state index is -0.0320. The number of rotatable bonds is 11. The van der Waals surface area contributed by atoms with E-state index in [0.29, 0.717) is 26.2 Å². The average molecular weight is 234 g/mol. The van der Waals surface area contributed by atoms with Crippen molar-refractivity contribution in [3.63, 3.8) is 0 Å². The highest BCUT2D eigenvalue weighted by Crippen LogP contribution is 2.12. The van der Waals surface area contributed by atoms with Crippen LogP contribution in [-0.2, 0) is 14.2 Å². The van der Waals surface area contributed by atoms with E-state index in [-0.39, 0.29) is 18.8 Å². The lowest BCUT2D eigenvalue weighted by Gasteiger charge is -2.26. The van der Waals surface area contributed by atoms with Crippen molar-refractivity contribution in [1.82, 2.24) is 0 Å². The number of aliphatic hydroxyl groups excluding tert-OH is 1. The molecule has 0 aromatic rings. The zero-order chi connectivity index (χ0) is 12.2. The first-order chi connectivity index (χ1) is 7.79. The van der Waals surface area contributed by atoms with Crippen LogP contribution < -0.4 is 0 Å². The van der Waals surface area contributed by atoms with Crippen LogP contribution in [0, 0.1) is 0 Å². The number of hydrogen-bond acceptors (Lipinski definition) is 4. The van der Waals surface area contributed by atoms with Crippen molar-refractivity contribution in [1.29, 1.82) is 0 Å². The predicted octanol–water partition coefficient (Wildman–Crippen LogP) is 1.61. The topological polar surface area (TPSA) is 47.9 Å². The monoisotopic (exact) mass is 234 g/mol. The third-order valence-electron chi connectivity index (χ3n) is 2.34. The van der Waals surface area contributed by atoms with Gasteiger partial charge in [-0.15, -0.1) is 0 Å². The average Bonchev–Trinajstić information content (AvgIpc) is 2.28. The summed E-state index contributed by atoms with van der Waals surface area (Å²) >= 11 is 0. The quantitative estimate of drug-likeness (QED) is 0.552. The van der Waals surface area contributed by atoms with Gasteiger partial charge in [-0.2, -0.15) is 0 Å². The van der Waals surface area contributed by atoms with Gasteiger partial charge in [-0.3, -0.25) is 0 Å². The Morgan fingerprint density at radius 1 is 0.875 bits per heavy atom. The maximum Gasteiger partial charge on any atom is 0.0859 e. The summed E-state index contributed by atoms with van der Waals surface area (Å²) in [6, 6.07) is 0. The van der Waals surface area contributed by atoms with Crippen molar-refractivity contribution in [2.75, 3.05) is 33.0 Å². The molecule has 0 rings (SSSR count). The van der Waals surface area contributed by atoms with Crippen LogP contribution in [0.4, 0.5) is 0 Å². The Hall–Kier alpha value is -0.160. The largest absolute Gasteiger partial charge is 0.396 e. The summed E-state index contributed by atoms with van der Waals surface area (Å²) in [6.07, 6.45) is 1.41. The van der Waals surface area contributed by atoms with Crippen molar-refractivity contribution in [3.05, 3.63) is 0 Å². The van der Waals surface area contributed by atoms with Crippen molar-refractivity contribution >= 4 is 0 Å². The number of hydrogen-bond donors (Lipinski definition) is 1. The standard InChI is InChI=1S/C12H26O4/c1-4-14-10-8-12(16-6-3)11(7-9-13)15-5-2/h11-13H,4-10H2,1-3H3. The van der Waals surface area contributed by atoms with E-state index in [1.165, 1.54) is 0 Å². The van der Waals surface area contributed by atoms with E-state index in [0.717, 1.165) is 13.0 Å². The van der Waals surface area contributed by atoms with E-state index in [1.54, 1.807) is 0 Å². The molecular formula is C12H26O4. The van der Waals surface area contributed by atoms with Crippen LogP contribution in [0.15, 0.2) is 0 Å². The highest BCUT2D eigenvalue weighted by molar-refractivity contribution is 4.71. The number of ether oxygens (including phenoxy) is 3. The molecule has 0 aliphatic heterocycles. The SMILES string of the molecule is CCOCCC(OCC)C(CCO)OCC. The first-order valence-corrected chi connectivity index (χ1v) is 6.21. The molecule has 0 aliphatic carbocycles. The van der Waals surface area contributed by atoms with E-state index in [1.807, 2.05) is 20.8 Å². The van der Waals surface area contributed by atoms with Gasteiger partial charge in [-0.1, -0.05) is 0 Å². The molecule has 0 fully saturated rings. The van der Waals surface area contributed by atoms with Crippen LogP contribution in [0.25, 0.3) is 0 Å². The van der Waals surface area contributed by atoms with Gasteiger partial charge in [0.1, 0.15) is 0 Å². The van der Waals surface area contributed by atoms with Crippen LogP contribution in [0.2, 0.25) is 0 Å². The molecule has 4 nitrogen and oxygen atoms in total. The number of aliphatic hydroxyl groups is 1. The minimum Gasteiger partial charge on any atom is -0.396 e. The molecule has 1 N–H and O–H groups in total. The van der Waals surface area contributed by atoms with Gasteiger partial charge in [-0.05, 0) is 33.6 Å². The maximum absolute atomic E-state index is 8.99. The van der Waals surface area contributed by atoms with Gasteiger partial charge in [0, 0.05) is 33.0 Å². The van der Waals surface area contributed by atoms with Crippen LogP contribution in [0.3, 0.4) is 0 Å². The molecule has 0 amide bonds. The molecule has 0 saturated heterocycles. The van der Waals surface area contributed by atoms with Crippen LogP contribution >= 0.6 is 0 Å². The molecule has 0 bridgehead atoms. The fraction of sp³-hybridized carbons (Fsp3) is 1.00. The maximum atomic E-state index is 8.99. The lowest BCUT2D eigenvalue weighted by molar-refractivity contribution is -0.0850. The van der Waals surface area contributed by atoms with E-state index in [2.05, 4.69) is 0 Å². The Kier molecular flexibility index (Phi) is 11.2. The van der Waals surface area contributed by atoms with Gasteiger partial charge in [0.25, 0.3) is 0 Å². The van der Waals surface area contributed by atoms with Gasteiger partial charge >= 0.3 is 0 Å². The fourth-order valence-corrected chi connectivity index (χ4v) is 1.65. The minimum absolute atomic E-state index is 0.0173. The lowest BCUT2D eigenvalue weighted by Crippen LogP contribution is -2.34. The molecule has 0 saturated carbocycles. The Bertz CT molecular complexity index is 135. The van der Waals surface area contributed by atoms with Crippen molar-refractivity contribution < 1.29 is 19.3 Å². The summed E-state index contributed by atoms with van der Waals surface area (Å²) in [5.74, 6) is 0. The molecule has 98 valence electrons. The lowest BCUT2D eigenvalue weighted by atomic mass is 10.1. The summed E-state index contributed by atoms with van der Waals surface area (Å²) in [4.78, 5) is 0. The second kappa shape index (κ2) is 11.3. The van der Waals surface area contributed by atoms with Gasteiger partial charge in [-0.25, -0.2) is 0 Å². The molecule has 16 heavy (non-hydrogen) atoms. The molecule has 0 heterocycles. The Morgan fingerprint density at radius 3 is 1.88 bits per heavy atom. The molecule has 0 aliphatic rings. The summed E-state index contributed by atoms with van der Waals surface area (Å²) in [7, 11) is 0. The van der Waals surface area contributed by atoms with Crippen LogP contribution in [-0.4, -0.2) is 50.3 Å². The van der Waals surface area contributed by atoms with Crippen molar-refractivity contribution in [2.24, 2.45) is 0 Å². The Balaban J connectivity index is 4.08. The Morgan fingerprint density at radius 2 is 1.44 bits per heavy atom. The smallest absolute Gasteiger partial charge is 0.0859 e. The van der Waals surface area contributed by atoms with Crippen molar-refractivity contribution in [3.8, 4) is 0 Å². The summed E-state index contributed by atoms with van der Waals surface area (Å²) < 4.78 is 16.5. The van der Waals surface area contributed by atoms with E-state index >= 15 is 0 Å². The molecular weight excluding hydrogens is 208 g/mol. The van der Waals surface area contributed by atoms with E-state index < -0.39 is 0 Å². The van der Waals surface area contributed by atoms with Gasteiger partial charge < -0.3 is 19.3 Å². The second-order valence-electron chi connectivity index (χ2n) is 3.49. The highest BCUT2D eigenvalue weighted by atomic mass is 16.5. The normalized spacial score (nSPS) is 15.0. The predicted molar refractivity (Wildman–Crippen MR) is 63.6 cm³/mol.